The van der Waals surface area contributed by atoms with Gasteiger partial charge in [-0.25, -0.2) is 4.98 Å². The van der Waals surface area contributed by atoms with Gasteiger partial charge in [-0.3, -0.25) is 0 Å². The first kappa shape index (κ1) is 27.4. The molecule has 198 valence electrons. The van der Waals surface area contributed by atoms with Gasteiger partial charge in [0.2, 0.25) is 5.16 Å². The lowest BCUT2D eigenvalue weighted by molar-refractivity contribution is 0.361. The normalized spacial score (nSPS) is 17.5. The molecule has 1 heterocycles. The smallest absolute Gasteiger partial charge is 0.209 e. The fourth-order valence-corrected chi connectivity index (χ4v) is 6.83. The topological polar surface area (TPSA) is 45.2 Å². The molecule has 2 atom stereocenters. The maximum atomic E-state index is 5.15. The molecule has 0 saturated heterocycles. The molecule has 0 N–H and O–H groups in total. The molecule has 2 aromatic carbocycles. The van der Waals surface area contributed by atoms with Crippen LogP contribution in [0.3, 0.4) is 0 Å². The highest BCUT2D eigenvalue weighted by atomic mass is 32.2. The van der Waals surface area contributed by atoms with Crippen molar-refractivity contribution >= 4 is 23.1 Å². The number of anilines is 2. The Morgan fingerprint density at radius 1 is 0.676 bits per heavy atom. The van der Waals surface area contributed by atoms with E-state index in [0.717, 1.165) is 59.8 Å². The Balaban J connectivity index is 1.71. The molecular formula is C31H43N5S. The molecule has 0 aliphatic heterocycles. The largest absolute Gasteiger partial charge is 0.372 e. The Morgan fingerprint density at radius 2 is 1.19 bits per heavy atom. The lowest BCUT2D eigenvalue weighted by Gasteiger charge is -2.29. The molecule has 0 amide bonds. The monoisotopic (exact) mass is 517 g/mol. The highest BCUT2D eigenvalue weighted by Gasteiger charge is 2.26. The second kappa shape index (κ2) is 13.3. The van der Waals surface area contributed by atoms with E-state index < -0.39 is 0 Å². The summed E-state index contributed by atoms with van der Waals surface area (Å²) in [6.07, 6.45) is 6.44. The van der Waals surface area contributed by atoms with Crippen LogP contribution >= 0.6 is 11.8 Å². The van der Waals surface area contributed by atoms with Gasteiger partial charge in [-0.1, -0.05) is 62.2 Å². The number of aromatic nitrogens is 3. The van der Waals surface area contributed by atoms with Crippen molar-refractivity contribution in [2.45, 2.75) is 77.1 Å². The molecule has 0 radical (unpaired) electrons. The van der Waals surface area contributed by atoms with Gasteiger partial charge in [-0.05, 0) is 70.7 Å². The molecule has 37 heavy (non-hydrogen) atoms. The van der Waals surface area contributed by atoms with Gasteiger partial charge < -0.3 is 9.80 Å². The van der Waals surface area contributed by atoms with Crippen LogP contribution in [-0.2, 0) is 0 Å². The van der Waals surface area contributed by atoms with Gasteiger partial charge in [0.05, 0.1) is 0 Å². The predicted molar refractivity (Wildman–Crippen MR) is 160 cm³/mol. The van der Waals surface area contributed by atoms with Gasteiger partial charge in [0.25, 0.3) is 0 Å². The molecule has 4 rings (SSSR count). The molecule has 1 fully saturated rings. The molecule has 5 nitrogen and oxygen atoms in total. The minimum Gasteiger partial charge on any atom is -0.372 e. The first-order valence-corrected chi connectivity index (χ1v) is 15.1. The van der Waals surface area contributed by atoms with Crippen molar-refractivity contribution < 1.29 is 0 Å². The van der Waals surface area contributed by atoms with Crippen molar-refractivity contribution in [2.75, 3.05) is 36.0 Å². The first-order chi connectivity index (χ1) is 18.1. The van der Waals surface area contributed by atoms with Gasteiger partial charge in [-0.15, -0.1) is 10.2 Å². The number of nitrogens with zero attached hydrogens (tertiary/aromatic N) is 5. The zero-order valence-corrected chi connectivity index (χ0v) is 24.1. The summed E-state index contributed by atoms with van der Waals surface area (Å²) in [4.78, 5) is 9.87. The summed E-state index contributed by atoms with van der Waals surface area (Å²) in [7, 11) is 0. The van der Waals surface area contributed by atoms with Crippen LogP contribution in [0.1, 0.15) is 66.7 Å². The molecule has 6 heteroatoms. The third kappa shape index (κ3) is 6.46. The van der Waals surface area contributed by atoms with Crippen LogP contribution in [0.25, 0.3) is 22.5 Å². The van der Waals surface area contributed by atoms with Crippen molar-refractivity contribution in [3.8, 4) is 22.5 Å². The van der Waals surface area contributed by atoms with Gasteiger partial charge in [0.15, 0.2) is 0 Å². The maximum absolute atomic E-state index is 5.15. The Bertz CT molecular complexity index is 1110. The number of thioether (sulfide) groups is 1. The summed E-state index contributed by atoms with van der Waals surface area (Å²) in [5, 5.41) is 10.8. The second-order valence-electron chi connectivity index (χ2n) is 9.84. The summed E-state index contributed by atoms with van der Waals surface area (Å²) in [6, 6.07) is 17.5. The fraction of sp³-hybridized carbons (Fsp3) is 0.516. The van der Waals surface area contributed by atoms with Crippen molar-refractivity contribution in [3.63, 3.8) is 0 Å². The summed E-state index contributed by atoms with van der Waals surface area (Å²) in [5.74, 6) is 0.742. The molecule has 0 spiro atoms. The van der Waals surface area contributed by atoms with E-state index in [9.17, 15) is 0 Å². The standard InChI is InChI=1S/C31H43N5S/c1-6-23-13-11-12-14-28(23)37-31-32-29(24-15-19-26(20-16-24)35(7-2)8-3)30(33-34-31)25-17-21-27(22-18-25)36(9-4)10-5/h15-23,28H,6-14H2,1-5H3. The molecule has 3 aromatic rings. The lowest BCUT2D eigenvalue weighted by atomic mass is 9.87. The van der Waals surface area contributed by atoms with Crippen LogP contribution in [0.15, 0.2) is 53.7 Å². The Hall–Kier alpha value is -2.60. The number of rotatable bonds is 11. The van der Waals surface area contributed by atoms with E-state index in [1.807, 2.05) is 11.8 Å². The van der Waals surface area contributed by atoms with Gasteiger partial charge in [0, 0.05) is 53.9 Å². The Kier molecular flexibility index (Phi) is 9.84. The average Bonchev–Trinajstić information content (AvgIpc) is 2.95. The number of hydrogen-bond acceptors (Lipinski definition) is 6. The fourth-order valence-electron chi connectivity index (χ4n) is 5.53. The van der Waals surface area contributed by atoms with Crippen LogP contribution in [0.5, 0.6) is 0 Å². The summed E-state index contributed by atoms with van der Waals surface area (Å²) in [6.45, 7) is 15.1. The van der Waals surface area contributed by atoms with E-state index in [2.05, 4.69) is 98.0 Å². The minimum absolute atomic E-state index is 0.581. The van der Waals surface area contributed by atoms with Crippen molar-refractivity contribution in [1.29, 1.82) is 0 Å². The van der Waals surface area contributed by atoms with E-state index in [0.29, 0.717) is 5.25 Å². The Labute approximate surface area is 228 Å². The van der Waals surface area contributed by atoms with E-state index in [1.54, 1.807) is 0 Å². The summed E-state index contributed by atoms with van der Waals surface area (Å²) >= 11 is 1.84. The van der Waals surface area contributed by atoms with Crippen LogP contribution in [0, 0.1) is 5.92 Å². The first-order valence-electron chi connectivity index (χ1n) is 14.2. The zero-order valence-electron chi connectivity index (χ0n) is 23.3. The van der Waals surface area contributed by atoms with Crippen molar-refractivity contribution in [2.24, 2.45) is 5.92 Å². The summed E-state index contributed by atoms with van der Waals surface area (Å²) in [5.41, 5.74) is 6.38. The third-order valence-corrected chi connectivity index (χ3v) is 9.13. The van der Waals surface area contributed by atoms with E-state index >= 15 is 0 Å². The molecule has 1 aliphatic rings. The molecule has 1 saturated carbocycles. The van der Waals surface area contributed by atoms with E-state index in [4.69, 9.17) is 10.1 Å². The van der Waals surface area contributed by atoms with Gasteiger partial charge in [0.1, 0.15) is 11.4 Å². The summed E-state index contributed by atoms with van der Waals surface area (Å²) < 4.78 is 0. The Morgan fingerprint density at radius 3 is 1.70 bits per heavy atom. The number of hydrogen-bond donors (Lipinski definition) is 0. The molecule has 1 aromatic heterocycles. The van der Waals surface area contributed by atoms with Gasteiger partial charge >= 0.3 is 0 Å². The van der Waals surface area contributed by atoms with Gasteiger partial charge in [-0.2, -0.15) is 0 Å². The van der Waals surface area contributed by atoms with Crippen LogP contribution in [-0.4, -0.2) is 46.6 Å². The highest BCUT2D eigenvalue weighted by Crippen LogP contribution is 2.39. The van der Waals surface area contributed by atoms with Crippen molar-refractivity contribution in [1.82, 2.24) is 15.2 Å². The van der Waals surface area contributed by atoms with Crippen LogP contribution in [0.4, 0.5) is 11.4 Å². The quantitative estimate of drug-likeness (QED) is 0.257. The molecule has 1 aliphatic carbocycles. The predicted octanol–water partition coefficient (Wildman–Crippen LogP) is 7.96. The average molecular weight is 518 g/mol. The zero-order chi connectivity index (χ0) is 26.2. The molecule has 0 bridgehead atoms. The second-order valence-corrected chi connectivity index (χ2v) is 11.0. The van der Waals surface area contributed by atoms with E-state index in [-0.39, 0.29) is 0 Å². The van der Waals surface area contributed by atoms with E-state index in [1.165, 1.54) is 43.5 Å². The third-order valence-electron chi connectivity index (χ3n) is 7.83. The lowest BCUT2D eigenvalue weighted by Crippen LogP contribution is -2.21. The molecule has 2 unspecified atom stereocenters. The minimum atomic E-state index is 0.581. The molecular weight excluding hydrogens is 474 g/mol. The highest BCUT2D eigenvalue weighted by molar-refractivity contribution is 7.99. The van der Waals surface area contributed by atoms with Crippen molar-refractivity contribution in [3.05, 3.63) is 48.5 Å². The van der Waals surface area contributed by atoms with Crippen LogP contribution in [0.2, 0.25) is 0 Å². The SMILES string of the molecule is CCC1CCCCC1Sc1nnc(-c2ccc(N(CC)CC)cc2)c(-c2ccc(N(CC)CC)cc2)n1. The van der Waals surface area contributed by atoms with Crippen LogP contribution < -0.4 is 9.80 Å². The number of benzene rings is 2. The maximum Gasteiger partial charge on any atom is 0.209 e.